The predicted molar refractivity (Wildman–Crippen MR) is 96.1 cm³/mol. The van der Waals surface area contributed by atoms with Crippen LogP contribution in [0.2, 0.25) is 0 Å². The van der Waals surface area contributed by atoms with Crippen molar-refractivity contribution in [2.75, 3.05) is 11.9 Å². The lowest BCUT2D eigenvalue weighted by Gasteiger charge is -2.15. The van der Waals surface area contributed by atoms with Gasteiger partial charge in [0.25, 0.3) is 5.91 Å². The molecule has 1 aromatic heterocycles. The summed E-state index contributed by atoms with van der Waals surface area (Å²) >= 11 is 0. The molecule has 25 heavy (non-hydrogen) atoms. The molecule has 2 N–H and O–H groups in total. The van der Waals surface area contributed by atoms with Gasteiger partial charge in [-0.25, -0.2) is 4.79 Å². The quantitative estimate of drug-likeness (QED) is 0.717. The first-order valence-electron chi connectivity index (χ1n) is 8.21. The number of H-pyrrole nitrogens is 1. The number of hydrogen-bond acceptors (Lipinski definition) is 4. The van der Waals surface area contributed by atoms with Crippen molar-refractivity contribution in [3.8, 4) is 5.75 Å². The molecule has 0 aliphatic rings. The minimum Gasteiger partial charge on any atom is -0.483 e. The molecule has 0 aliphatic carbocycles. The molecular formula is C19H20N2O4. The number of amides is 1. The van der Waals surface area contributed by atoms with Gasteiger partial charge in [0.15, 0.2) is 12.2 Å². The lowest BCUT2D eigenvalue weighted by Crippen LogP contribution is -2.20. The van der Waals surface area contributed by atoms with E-state index in [-0.39, 0.29) is 12.5 Å². The average molecular weight is 340 g/mol. The highest BCUT2D eigenvalue weighted by atomic mass is 16.5. The zero-order chi connectivity index (χ0) is 17.8. The highest BCUT2D eigenvalue weighted by Gasteiger charge is 2.11. The summed E-state index contributed by atoms with van der Waals surface area (Å²) < 4.78 is 10.6. The molecule has 0 saturated heterocycles. The Labute approximate surface area is 144 Å². The van der Waals surface area contributed by atoms with E-state index in [0.29, 0.717) is 22.7 Å². The molecule has 6 nitrogen and oxygen atoms in total. The Morgan fingerprint density at radius 2 is 2.08 bits per heavy atom. The number of anilines is 1. The second kappa shape index (κ2) is 7.25. The summed E-state index contributed by atoms with van der Waals surface area (Å²) in [7, 11) is 0. The first-order chi connectivity index (χ1) is 12.1. The molecule has 0 radical (unpaired) electrons. The Hall–Kier alpha value is -3.02. The summed E-state index contributed by atoms with van der Waals surface area (Å²) in [5, 5.41) is 2.75. The van der Waals surface area contributed by atoms with Gasteiger partial charge in [-0.05, 0) is 42.2 Å². The number of aromatic amines is 1. The summed E-state index contributed by atoms with van der Waals surface area (Å²) in [6, 6.07) is 12.7. The topological polar surface area (TPSA) is 84.3 Å². The summed E-state index contributed by atoms with van der Waals surface area (Å²) in [6.07, 6.45) is 0.996. The number of ether oxygens (including phenoxy) is 1. The number of carbonyl (C=O) groups is 1. The van der Waals surface area contributed by atoms with Crippen LogP contribution in [0, 0.1) is 0 Å². The molecule has 0 spiro atoms. The standard InChI is InChI=1S/C19H20N2O4/c1-3-12(2)14-6-4-5-7-16(14)24-11-18(22)20-13-8-9-17-15(10-13)21-19(23)25-17/h4-10,12H,3,11H2,1-2H3,(H,20,22)(H,21,23). The molecule has 130 valence electrons. The van der Waals surface area contributed by atoms with Crippen molar-refractivity contribution < 1.29 is 13.9 Å². The van der Waals surface area contributed by atoms with Gasteiger partial charge in [-0.1, -0.05) is 32.0 Å². The second-order valence-electron chi connectivity index (χ2n) is 5.91. The molecule has 3 rings (SSSR count). The molecule has 1 atom stereocenters. The lowest BCUT2D eigenvalue weighted by atomic mass is 9.98. The van der Waals surface area contributed by atoms with E-state index in [0.717, 1.165) is 17.7 Å². The van der Waals surface area contributed by atoms with Gasteiger partial charge in [-0.15, -0.1) is 0 Å². The van der Waals surface area contributed by atoms with Crippen molar-refractivity contribution in [2.45, 2.75) is 26.2 Å². The van der Waals surface area contributed by atoms with Gasteiger partial charge in [0.2, 0.25) is 0 Å². The van der Waals surface area contributed by atoms with Crippen LogP contribution in [0.25, 0.3) is 11.1 Å². The summed E-state index contributed by atoms with van der Waals surface area (Å²) in [5.41, 5.74) is 2.64. The van der Waals surface area contributed by atoms with Crippen LogP contribution in [0.15, 0.2) is 51.7 Å². The average Bonchev–Trinajstić information content (AvgIpc) is 2.99. The lowest BCUT2D eigenvalue weighted by molar-refractivity contribution is -0.118. The van der Waals surface area contributed by atoms with Crippen LogP contribution in [-0.2, 0) is 4.79 Å². The van der Waals surface area contributed by atoms with Crippen LogP contribution in [0.5, 0.6) is 5.75 Å². The van der Waals surface area contributed by atoms with E-state index < -0.39 is 5.76 Å². The Kier molecular flexibility index (Phi) is 4.88. The number of nitrogens with one attached hydrogen (secondary N) is 2. The molecule has 0 saturated carbocycles. The Morgan fingerprint density at radius 3 is 2.88 bits per heavy atom. The highest BCUT2D eigenvalue weighted by molar-refractivity contribution is 5.93. The number of aromatic nitrogens is 1. The van der Waals surface area contributed by atoms with E-state index in [2.05, 4.69) is 24.1 Å². The fraction of sp³-hybridized carbons (Fsp3) is 0.263. The van der Waals surface area contributed by atoms with Gasteiger partial charge in [-0.3, -0.25) is 9.78 Å². The van der Waals surface area contributed by atoms with E-state index in [1.165, 1.54) is 0 Å². The minimum absolute atomic E-state index is 0.0899. The van der Waals surface area contributed by atoms with Gasteiger partial charge in [-0.2, -0.15) is 0 Å². The zero-order valence-corrected chi connectivity index (χ0v) is 14.2. The molecule has 2 aromatic carbocycles. The van der Waals surface area contributed by atoms with Gasteiger partial charge in [0.1, 0.15) is 5.75 Å². The molecular weight excluding hydrogens is 320 g/mol. The zero-order valence-electron chi connectivity index (χ0n) is 14.2. The van der Waals surface area contributed by atoms with Crippen molar-refractivity contribution in [3.63, 3.8) is 0 Å². The maximum Gasteiger partial charge on any atom is 0.417 e. The van der Waals surface area contributed by atoms with Gasteiger partial charge >= 0.3 is 5.76 Å². The minimum atomic E-state index is -0.525. The maximum atomic E-state index is 12.1. The Morgan fingerprint density at radius 1 is 1.28 bits per heavy atom. The van der Waals surface area contributed by atoms with E-state index in [9.17, 15) is 9.59 Å². The molecule has 3 aromatic rings. The number of rotatable bonds is 6. The monoisotopic (exact) mass is 340 g/mol. The fourth-order valence-electron chi connectivity index (χ4n) is 2.61. The fourth-order valence-corrected chi connectivity index (χ4v) is 2.61. The molecule has 0 aliphatic heterocycles. The van der Waals surface area contributed by atoms with Crippen molar-refractivity contribution in [1.82, 2.24) is 4.98 Å². The van der Waals surface area contributed by atoms with Gasteiger partial charge < -0.3 is 14.5 Å². The van der Waals surface area contributed by atoms with Gasteiger partial charge in [0, 0.05) is 5.69 Å². The largest absolute Gasteiger partial charge is 0.483 e. The first kappa shape index (κ1) is 16.8. The smallest absolute Gasteiger partial charge is 0.417 e. The number of carbonyl (C=O) groups excluding carboxylic acids is 1. The summed E-state index contributed by atoms with van der Waals surface area (Å²) in [6.45, 7) is 4.15. The number of para-hydroxylation sites is 1. The third-order valence-electron chi connectivity index (χ3n) is 4.12. The van der Waals surface area contributed by atoms with E-state index in [4.69, 9.17) is 9.15 Å². The molecule has 1 amide bonds. The SMILES string of the molecule is CCC(C)c1ccccc1OCC(=O)Nc1ccc2oc(=O)[nH]c2c1. The number of oxazole rings is 1. The van der Waals surface area contributed by atoms with Crippen LogP contribution in [0.4, 0.5) is 5.69 Å². The molecule has 1 unspecified atom stereocenters. The molecule has 6 heteroatoms. The third-order valence-corrected chi connectivity index (χ3v) is 4.12. The van der Waals surface area contributed by atoms with Crippen molar-refractivity contribution in [2.24, 2.45) is 0 Å². The van der Waals surface area contributed by atoms with Gasteiger partial charge in [0.05, 0.1) is 5.52 Å². The normalized spacial score (nSPS) is 12.1. The van der Waals surface area contributed by atoms with Crippen LogP contribution in [0.1, 0.15) is 31.7 Å². The van der Waals surface area contributed by atoms with Crippen molar-refractivity contribution in [1.29, 1.82) is 0 Å². The van der Waals surface area contributed by atoms with Crippen molar-refractivity contribution >= 4 is 22.7 Å². The third kappa shape index (κ3) is 3.91. The van der Waals surface area contributed by atoms with Crippen LogP contribution in [-0.4, -0.2) is 17.5 Å². The first-order valence-corrected chi connectivity index (χ1v) is 8.21. The molecule has 0 fully saturated rings. The Balaban J connectivity index is 1.65. The predicted octanol–water partition coefficient (Wildman–Crippen LogP) is 3.65. The van der Waals surface area contributed by atoms with E-state index >= 15 is 0 Å². The number of hydrogen-bond donors (Lipinski definition) is 2. The van der Waals surface area contributed by atoms with Crippen molar-refractivity contribution in [3.05, 3.63) is 58.6 Å². The molecule has 0 bridgehead atoms. The molecule has 1 heterocycles. The Bertz CT molecular complexity index is 942. The van der Waals surface area contributed by atoms with E-state index in [1.54, 1.807) is 18.2 Å². The summed E-state index contributed by atoms with van der Waals surface area (Å²) in [4.78, 5) is 25.9. The second-order valence-corrected chi connectivity index (χ2v) is 5.91. The van der Waals surface area contributed by atoms with Crippen LogP contribution >= 0.6 is 0 Å². The highest BCUT2D eigenvalue weighted by Crippen LogP contribution is 2.28. The summed E-state index contributed by atoms with van der Waals surface area (Å²) in [5.74, 6) is 0.286. The number of benzene rings is 2. The van der Waals surface area contributed by atoms with Crippen LogP contribution in [0.3, 0.4) is 0 Å². The van der Waals surface area contributed by atoms with E-state index in [1.807, 2.05) is 24.3 Å². The number of fused-ring (bicyclic) bond motifs is 1. The van der Waals surface area contributed by atoms with Crippen LogP contribution < -0.4 is 15.8 Å². The maximum absolute atomic E-state index is 12.1.